The molecule has 0 aliphatic heterocycles. The molecule has 0 saturated heterocycles. The third-order valence-corrected chi connectivity index (χ3v) is 2.43. The first-order valence-corrected chi connectivity index (χ1v) is 7.97. The highest BCUT2D eigenvalue weighted by Gasteiger charge is 1.87. The fourth-order valence-corrected chi connectivity index (χ4v) is 1.29. The molecule has 0 radical (unpaired) electrons. The minimum Gasteiger partial charge on any atom is -0.300 e. The second-order valence-electron chi connectivity index (χ2n) is 4.62. The van der Waals surface area contributed by atoms with E-state index < -0.39 is 31.9 Å². The molecule has 0 heterocycles. The van der Waals surface area contributed by atoms with Crippen molar-refractivity contribution in [3.8, 4) is 0 Å². The summed E-state index contributed by atoms with van der Waals surface area (Å²) in [6.45, 7) is 3.28. The number of rotatable bonds is 14. The molecule has 0 bridgehead atoms. The molecule has 0 aliphatic rings. The molecule has 24 heavy (non-hydrogen) atoms. The number of hydrogen-bond acceptors (Lipinski definition) is 1. The van der Waals surface area contributed by atoms with Gasteiger partial charge in [-0.2, -0.15) is 0 Å². The van der Waals surface area contributed by atoms with Gasteiger partial charge in [-0.3, -0.25) is 0 Å². The van der Waals surface area contributed by atoms with Crippen molar-refractivity contribution < 1.29 is 18.5 Å². The maximum absolute atomic E-state index is 10.9. The Morgan fingerprint density at radius 3 is 1.33 bits per heavy atom. The average molecular weight is 337 g/mol. The monoisotopic (exact) mass is 336 g/mol. The first-order chi connectivity index (χ1) is 15.3. The van der Waals surface area contributed by atoms with Gasteiger partial charge in [0.15, 0.2) is 0 Å². The van der Waals surface area contributed by atoms with Crippen LogP contribution in [0.3, 0.4) is 0 Å². The SMILES string of the molecule is [2H]C([2H])(/C=C\CC)/C=C\C([2H])([2H])/C=C\C([2H])([2H])/C=C\C([2H])([2H])/C=C\C([2H])([2H])/C=C\CCC(C)=O. The van der Waals surface area contributed by atoms with E-state index in [4.69, 9.17) is 13.7 Å². The van der Waals surface area contributed by atoms with E-state index in [1.807, 2.05) is 6.92 Å². The van der Waals surface area contributed by atoms with Gasteiger partial charge in [-0.05, 0) is 51.6 Å². The third kappa shape index (κ3) is 20.1. The zero-order chi connectivity index (χ0) is 26.7. The number of allylic oxidation sites excluding steroid dienone is 12. The van der Waals surface area contributed by atoms with Crippen LogP contribution in [0.1, 0.15) is 78.7 Å². The molecule has 0 N–H and O–H groups in total. The fourth-order valence-electron chi connectivity index (χ4n) is 1.29. The van der Waals surface area contributed by atoms with Crippen molar-refractivity contribution in [1.29, 1.82) is 0 Å². The van der Waals surface area contributed by atoms with Crippen molar-refractivity contribution >= 4 is 5.78 Å². The summed E-state index contributed by atoms with van der Waals surface area (Å²) in [6.07, 6.45) is 4.41. The van der Waals surface area contributed by atoms with E-state index in [1.165, 1.54) is 25.2 Å². The lowest BCUT2D eigenvalue weighted by atomic mass is 10.2. The second kappa shape index (κ2) is 19.2. The molecular weight excluding hydrogens is 292 g/mol. The summed E-state index contributed by atoms with van der Waals surface area (Å²) >= 11 is 0. The molecular formula is C23H34O. The molecule has 0 aromatic heterocycles. The van der Waals surface area contributed by atoms with Gasteiger partial charge in [0.25, 0.3) is 0 Å². The van der Waals surface area contributed by atoms with E-state index in [1.54, 1.807) is 6.08 Å². The number of ketones is 1. The normalized spacial score (nSPS) is 22.2. The van der Waals surface area contributed by atoms with Gasteiger partial charge >= 0.3 is 0 Å². The molecule has 1 heteroatoms. The van der Waals surface area contributed by atoms with Crippen LogP contribution in [-0.4, -0.2) is 5.78 Å². The Kier molecular flexibility index (Phi) is 8.13. The molecule has 0 aromatic carbocycles. The van der Waals surface area contributed by atoms with Gasteiger partial charge in [0.05, 0.1) is 0 Å². The highest BCUT2D eigenvalue weighted by atomic mass is 16.1. The van der Waals surface area contributed by atoms with Gasteiger partial charge < -0.3 is 4.79 Å². The van der Waals surface area contributed by atoms with Crippen LogP contribution in [-0.2, 0) is 4.79 Å². The molecule has 0 aromatic rings. The largest absolute Gasteiger partial charge is 0.300 e. The zero-order valence-corrected chi connectivity index (χ0v) is 14.5. The summed E-state index contributed by atoms with van der Waals surface area (Å²) in [5, 5.41) is 0. The van der Waals surface area contributed by atoms with E-state index in [2.05, 4.69) is 0 Å². The first-order valence-electron chi connectivity index (χ1n) is 13.0. The fraction of sp³-hybridized carbons (Fsp3) is 0.435. The van der Waals surface area contributed by atoms with Crippen LogP contribution in [0.5, 0.6) is 0 Å². The molecule has 132 valence electrons. The van der Waals surface area contributed by atoms with E-state index in [-0.39, 0.29) is 5.78 Å². The number of Topliss-reactive ketones (excluding diaryl/α,β-unsaturated/α-hetero) is 1. The summed E-state index contributed by atoms with van der Waals surface area (Å²) in [7, 11) is 0. The van der Waals surface area contributed by atoms with Crippen LogP contribution in [0.4, 0.5) is 0 Å². The maximum Gasteiger partial charge on any atom is 0.130 e. The van der Waals surface area contributed by atoms with Gasteiger partial charge in [0, 0.05) is 20.1 Å². The molecule has 0 aliphatic carbocycles. The Morgan fingerprint density at radius 2 is 1.00 bits per heavy atom. The molecule has 0 fully saturated rings. The van der Waals surface area contributed by atoms with Crippen molar-refractivity contribution in [3.63, 3.8) is 0 Å². The zero-order valence-electron chi connectivity index (χ0n) is 24.5. The second-order valence-corrected chi connectivity index (χ2v) is 4.62. The van der Waals surface area contributed by atoms with Crippen LogP contribution in [0.15, 0.2) is 72.9 Å². The topological polar surface area (TPSA) is 17.1 Å². The van der Waals surface area contributed by atoms with Gasteiger partial charge in [0.1, 0.15) is 5.78 Å². The van der Waals surface area contributed by atoms with Gasteiger partial charge in [-0.25, -0.2) is 0 Å². The summed E-state index contributed by atoms with van der Waals surface area (Å²) in [5.41, 5.74) is 0. The Hall–Kier alpha value is -1.89. The highest BCUT2D eigenvalue weighted by molar-refractivity contribution is 5.75. The van der Waals surface area contributed by atoms with Gasteiger partial charge in [-0.15, -0.1) is 0 Å². The van der Waals surface area contributed by atoms with E-state index in [0.717, 1.165) is 48.6 Å². The van der Waals surface area contributed by atoms with Crippen LogP contribution in [0, 0.1) is 0 Å². The maximum atomic E-state index is 10.9. The quantitative estimate of drug-likeness (QED) is 0.310. The molecule has 0 atom stereocenters. The van der Waals surface area contributed by atoms with E-state index in [9.17, 15) is 4.79 Å². The first kappa shape index (κ1) is 10.2. The Labute approximate surface area is 163 Å². The Morgan fingerprint density at radius 1 is 0.667 bits per heavy atom. The van der Waals surface area contributed by atoms with E-state index in [0.29, 0.717) is 19.3 Å². The highest BCUT2D eigenvalue weighted by Crippen LogP contribution is 1.97. The molecule has 0 saturated carbocycles. The predicted molar refractivity (Wildman–Crippen MR) is 108 cm³/mol. The Balaban J connectivity index is 5.26. The lowest BCUT2D eigenvalue weighted by molar-refractivity contribution is -0.116. The lowest BCUT2D eigenvalue weighted by Crippen LogP contribution is -1.85. The number of carbonyl (C=O) groups excluding carboxylic acids is 1. The van der Waals surface area contributed by atoms with Crippen molar-refractivity contribution in [2.45, 2.75) is 65.0 Å². The summed E-state index contributed by atoms with van der Waals surface area (Å²) in [4.78, 5) is 10.9. The molecule has 0 unspecified atom stereocenters. The molecule has 1 nitrogen and oxygen atoms in total. The van der Waals surface area contributed by atoms with Crippen LogP contribution in [0.2, 0.25) is 0 Å². The van der Waals surface area contributed by atoms with Gasteiger partial charge in [0.2, 0.25) is 0 Å². The van der Waals surface area contributed by atoms with Gasteiger partial charge in [-0.1, -0.05) is 79.8 Å². The predicted octanol–water partition coefficient (Wildman–Crippen LogP) is 7.05. The standard InChI is InChI=1S/C23H34O/c1-3-4-5-6-7-8-9-10-11-12-13-14-15-16-17-18-19-20-21-22-23(2)24/h4-5,7-8,10-11,13-14,16-17,19-20H,3,6,9,12,15,18,21-22H2,1-2H3/b5-4-,8-7-,11-10-,14-13-,17-16-,20-19-/i6D2,9D2,12D2,15D2,18D2. The van der Waals surface area contributed by atoms with Crippen LogP contribution >= 0.6 is 0 Å². The van der Waals surface area contributed by atoms with Crippen LogP contribution in [0.25, 0.3) is 0 Å². The van der Waals surface area contributed by atoms with Crippen molar-refractivity contribution in [1.82, 2.24) is 0 Å². The lowest BCUT2D eigenvalue weighted by Gasteiger charge is -1.87. The minimum atomic E-state index is -2.20. The van der Waals surface area contributed by atoms with Crippen molar-refractivity contribution in [2.75, 3.05) is 0 Å². The molecule has 0 amide bonds. The summed E-state index contributed by atoms with van der Waals surface area (Å²) in [6, 6.07) is 0. The molecule has 0 spiro atoms. The summed E-state index contributed by atoms with van der Waals surface area (Å²) < 4.78 is 78.8. The third-order valence-electron chi connectivity index (χ3n) is 2.43. The molecule has 0 rings (SSSR count). The Bertz CT molecular complexity index is 831. The average Bonchev–Trinajstić information content (AvgIpc) is 2.71. The number of hydrogen-bond donors (Lipinski definition) is 0. The van der Waals surface area contributed by atoms with Crippen LogP contribution < -0.4 is 0 Å². The number of carbonyl (C=O) groups is 1. The smallest absolute Gasteiger partial charge is 0.130 e. The van der Waals surface area contributed by atoms with E-state index >= 15 is 0 Å². The van der Waals surface area contributed by atoms with Crippen molar-refractivity contribution in [2.24, 2.45) is 0 Å². The van der Waals surface area contributed by atoms with Crippen molar-refractivity contribution in [3.05, 3.63) is 72.9 Å². The minimum absolute atomic E-state index is 0.0142. The summed E-state index contributed by atoms with van der Waals surface area (Å²) in [5.74, 6) is -0.0142.